The monoisotopic (exact) mass is 557 g/mol. The van der Waals surface area contributed by atoms with E-state index in [1.54, 1.807) is 0 Å². The average Bonchev–Trinajstić information content (AvgIpc) is 3.26. The molecule has 1 N–H and O–H groups in total. The number of carbonyl (C=O) groups is 1. The van der Waals surface area contributed by atoms with Crippen molar-refractivity contribution < 1.29 is 40.5 Å². The van der Waals surface area contributed by atoms with Gasteiger partial charge in [-0.25, -0.2) is 9.28 Å². The fourth-order valence-electron chi connectivity index (χ4n) is 6.89. The molecule has 0 radical (unpaired) electrons. The Bertz CT molecular complexity index is 1140. The zero-order valence-corrected chi connectivity index (χ0v) is 22.4. The summed E-state index contributed by atoms with van der Waals surface area (Å²) in [6.07, 6.45) is -5.03. The number of benzene rings is 2. The molecule has 214 valence electrons. The lowest BCUT2D eigenvalue weighted by Crippen LogP contribution is -2.74. The first-order valence-corrected chi connectivity index (χ1v) is 13.3. The smallest absolute Gasteiger partial charge is 0.261 e. The van der Waals surface area contributed by atoms with Crippen molar-refractivity contribution in [2.75, 3.05) is 6.54 Å². The number of hydrogen-bond acceptors (Lipinski definition) is 2. The molecule has 2 aromatic carbocycles. The first kappa shape index (κ1) is 29.4. The predicted octanol–water partition coefficient (Wildman–Crippen LogP) is 8.68. The lowest BCUT2D eigenvalue weighted by molar-refractivity contribution is -0.946. The second-order valence-corrected chi connectivity index (χ2v) is 11.3. The minimum absolute atomic E-state index is 0.0626. The summed E-state index contributed by atoms with van der Waals surface area (Å²) in [7, 11) is 0. The van der Waals surface area contributed by atoms with Crippen LogP contribution in [0.4, 0.5) is 31.1 Å². The van der Waals surface area contributed by atoms with E-state index in [9.17, 15) is 31.1 Å². The van der Waals surface area contributed by atoms with Gasteiger partial charge in [-0.2, -0.15) is 31.8 Å². The van der Waals surface area contributed by atoms with E-state index in [4.69, 9.17) is 4.84 Å². The van der Waals surface area contributed by atoms with Crippen LogP contribution in [0.5, 0.6) is 0 Å². The van der Waals surface area contributed by atoms with E-state index in [2.05, 4.69) is 19.3 Å². The van der Waals surface area contributed by atoms with Crippen molar-refractivity contribution in [1.82, 2.24) is 5.48 Å². The first-order valence-electron chi connectivity index (χ1n) is 13.3. The quantitative estimate of drug-likeness (QED) is 0.227. The van der Waals surface area contributed by atoms with E-state index < -0.39 is 46.7 Å². The van der Waals surface area contributed by atoms with Gasteiger partial charge in [-0.05, 0) is 57.4 Å². The van der Waals surface area contributed by atoms with Crippen LogP contribution in [0.3, 0.4) is 0 Å². The Kier molecular flexibility index (Phi) is 7.86. The van der Waals surface area contributed by atoms with Gasteiger partial charge in [-0.3, -0.25) is 4.84 Å². The van der Waals surface area contributed by atoms with Gasteiger partial charge in [0.15, 0.2) is 0 Å². The normalized spacial score (nSPS) is 26.3. The second-order valence-electron chi connectivity index (χ2n) is 11.3. The fraction of sp³-hybridized carbons (Fsp3) is 0.552. The van der Waals surface area contributed by atoms with Crippen LogP contribution in [0.1, 0.15) is 94.1 Å². The highest BCUT2D eigenvalue weighted by Gasteiger charge is 2.66. The van der Waals surface area contributed by atoms with Crippen LogP contribution in [0.15, 0.2) is 48.5 Å². The Balaban J connectivity index is 1.68. The highest BCUT2D eigenvalue weighted by molar-refractivity contribution is 5.67. The molecule has 1 saturated carbocycles. The molecule has 1 saturated heterocycles. The van der Waals surface area contributed by atoms with Crippen LogP contribution in [-0.2, 0) is 22.7 Å². The van der Waals surface area contributed by atoms with Gasteiger partial charge in [0.05, 0.1) is 17.7 Å². The number of amides is 2. The Morgan fingerprint density at radius 3 is 1.97 bits per heavy atom. The fourth-order valence-corrected chi connectivity index (χ4v) is 6.89. The topological polar surface area (TPSA) is 38.3 Å². The van der Waals surface area contributed by atoms with Crippen molar-refractivity contribution in [3.63, 3.8) is 0 Å². The number of halogens is 6. The van der Waals surface area contributed by atoms with Gasteiger partial charge in [0, 0.05) is 31.2 Å². The summed E-state index contributed by atoms with van der Waals surface area (Å²) in [6.45, 7) is 6.06. The van der Waals surface area contributed by atoms with Crippen molar-refractivity contribution in [1.29, 1.82) is 0 Å². The molecule has 2 aliphatic rings. The van der Waals surface area contributed by atoms with Crippen LogP contribution in [0, 0.1) is 0 Å². The number of urea groups is 1. The van der Waals surface area contributed by atoms with E-state index in [1.165, 1.54) is 6.92 Å². The van der Waals surface area contributed by atoms with E-state index in [0.29, 0.717) is 18.7 Å². The van der Waals surface area contributed by atoms with Gasteiger partial charge in [0.1, 0.15) is 17.2 Å². The van der Waals surface area contributed by atoms with Gasteiger partial charge in [0.2, 0.25) is 0 Å². The van der Waals surface area contributed by atoms with Crippen LogP contribution >= 0.6 is 0 Å². The number of quaternary nitrogens is 1. The maximum absolute atomic E-state index is 14.2. The van der Waals surface area contributed by atoms with Crippen LogP contribution in [-0.4, -0.2) is 22.6 Å². The molecule has 2 aromatic rings. The third-order valence-corrected chi connectivity index (χ3v) is 9.00. The molecule has 1 aliphatic carbocycles. The average molecular weight is 558 g/mol. The van der Waals surface area contributed by atoms with Gasteiger partial charge < -0.3 is 0 Å². The zero-order chi connectivity index (χ0) is 28.7. The van der Waals surface area contributed by atoms with Crippen molar-refractivity contribution in [3.8, 4) is 0 Å². The zero-order valence-electron chi connectivity index (χ0n) is 22.4. The van der Waals surface area contributed by atoms with Crippen LogP contribution < -0.4 is 5.48 Å². The Morgan fingerprint density at radius 1 is 0.872 bits per heavy atom. The Hall–Kier alpha value is -2.59. The Morgan fingerprint density at radius 2 is 1.44 bits per heavy atom. The maximum atomic E-state index is 14.2. The molecular weight excluding hydrogens is 522 g/mol. The van der Waals surface area contributed by atoms with Gasteiger partial charge in [-0.15, -0.1) is 0 Å². The number of hydrogen-bond donors (Lipinski definition) is 1. The lowest BCUT2D eigenvalue weighted by atomic mass is 9.75. The molecule has 2 unspecified atom stereocenters. The number of rotatable bonds is 5. The highest BCUT2D eigenvalue weighted by atomic mass is 19.4. The molecule has 0 aromatic heterocycles. The molecule has 0 bridgehead atoms. The molecule has 2 amide bonds. The number of alkyl halides is 6. The SMILES string of the molecule is CC(ONC(=O)[N+]1(C2(C)CCCCC2)CCC[C@@]1(C)c1ccccc1)c1cc(C(F)(F)F)cc(C(F)(F)F)c1. The summed E-state index contributed by atoms with van der Waals surface area (Å²) in [6, 6.07) is 10.7. The summed E-state index contributed by atoms with van der Waals surface area (Å²) in [5.74, 6) is 0. The third kappa shape index (κ3) is 5.29. The highest BCUT2D eigenvalue weighted by Crippen LogP contribution is 2.54. The minimum Gasteiger partial charge on any atom is -0.261 e. The molecule has 4 rings (SSSR count). The van der Waals surface area contributed by atoms with Crippen molar-refractivity contribution >= 4 is 6.03 Å². The van der Waals surface area contributed by atoms with Crippen molar-refractivity contribution in [2.45, 2.75) is 95.3 Å². The van der Waals surface area contributed by atoms with Gasteiger partial charge in [-0.1, -0.05) is 36.8 Å². The number of nitrogens with zero attached hydrogens (tertiary/aromatic N) is 1. The molecule has 0 spiro atoms. The van der Waals surface area contributed by atoms with E-state index in [-0.39, 0.29) is 16.1 Å². The molecule has 4 nitrogen and oxygen atoms in total. The van der Waals surface area contributed by atoms with Gasteiger partial charge >= 0.3 is 18.4 Å². The van der Waals surface area contributed by atoms with Gasteiger partial charge in [0.25, 0.3) is 0 Å². The molecule has 10 heteroatoms. The molecular formula is C29H35F6N2O2+. The lowest BCUT2D eigenvalue weighted by Gasteiger charge is -2.56. The van der Waals surface area contributed by atoms with E-state index in [0.717, 1.165) is 50.5 Å². The molecule has 39 heavy (non-hydrogen) atoms. The molecule has 1 heterocycles. The summed E-state index contributed by atoms with van der Waals surface area (Å²) in [4.78, 5) is 19.8. The minimum atomic E-state index is -4.98. The summed E-state index contributed by atoms with van der Waals surface area (Å²) < 4.78 is 80.4. The molecule has 1 aliphatic heterocycles. The maximum Gasteiger partial charge on any atom is 0.441 e. The standard InChI is InChI=1S/C29H34F6N2O2/c1-20(21-17-23(28(30,31)32)19-24(18-21)29(33,34)35)39-36-25(38)37(26(2)13-8-5-9-14-26)16-10-15-27(37,3)22-11-6-4-7-12-22/h4,6-7,11-12,17-20H,5,8-10,13-16H2,1-3H3/p+1/t20?,27-,37?/m0/s1. The summed E-state index contributed by atoms with van der Waals surface area (Å²) in [5.41, 5.74) is -0.699. The summed E-state index contributed by atoms with van der Waals surface area (Å²) >= 11 is 0. The third-order valence-electron chi connectivity index (χ3n) is 9.00. The number of carbonyl (C=O) groups excluding carboxylic acids is 1. The molecule has 2 fully saturated rings. The van der Waals surface area contributed by atoms with Crippen LogP contribution in [0.2, 0.25) is 0 Å². The Labute approximate surface area is 224 Å². The first-order chi connectivity index (χ1) is 18.1. The van der Waals surface area contributed by atoms with Crippen molar-refractivity contribution in [2.24, 2.45) is 0 Å². The largest absolute Gasteiger partial charge is 0.441 e. The van der Waals surface area contributed by atoms with E-state index >= 15 is 0 Å². The second kappa shape index (κ2) is 10.4. The summed E-state index contributed by atoms with van der Waals surface area (Å²) in [5, 5.41) is 0. The number of nitrogens with one attached hydrogen (secondary N) is 1. The van der Waals surface area contributed by atoms with Crippen LogP contribution in [0.25, 0.3) is 0 Å². The number of hydroxylamine groups is 1. The number of likely N-dealkylation sites (tertiary alicyclic amines) is 1. The predicted molar refractivity (Wildman–Crippen MR) is 134 cm³/mol. The molecule has 3 atom stereocenters. The van der Waals surface area contributed by atoms with Crippen molar-refractivity contribution in [3.05, 3.63) is 70.8 Å². The van der Waals surface area contributed by atoms with E-state index in [1.807, 2.05) is 30.3 Å².